The molecule has 1 saturated heterocycles. The number of likely N-dealkylation sites (tertiary alicyclic amines) is 1. The molecule has 128 valence electrons. The minimum atomic E-state index is 0.146. The zero-order chi connectivity index (χ0) is 16.7. The van der Waals surface area contributed by atoms with Gasteiger partial charge in [0.05, 0.1) is 6.42 Å². The molecular formula is C20H32N2O. The molecule has 1 aliphatic heterocycles. The molecule has 0 atom stereocenters. The van der Waals surface area contributed by atoms with Crippen LogP contribution in [0.1, 0.15) is 62.1 Å². The Morgan fingerprint density at radius 1 is 1.22 bits per heavy atom. The van der Waals surface area contributed by atoms with Gasteiger partial charge in [-0.2, -0.15) is 0 Å². The second-order valence-electron chi connectivity index (χ2n) is 7.07. The molecule has 1 aromatic rings. The smallest absolute Gasteiger partial charge is 0.224 e. The molecule has 2 rings (SSSR count). The molecule has 1 aromatic carbocycles. The van der Waals surface area contributed by atoms with E-state index in [4.69, 9.17) is 0 Å². The molecule has 0 aromatic heterocycles. The molecule has 1 fully saturated rings. The predicted molar refractivity (Wildman–Crippen MR) is 96.9 cm³/mol. The van der Waals surface area contributed by atoms with Crippen LogP contribution < -0.4 is 5.32 Å². The fourth-order valence-electron chi connectivity index (χ4n) is 3.47. The first kappa shape index (κ1) is 18.0. The lowest BCUT2D eigenvalue weighted by atomic mass is 9.93. The summed E-state index contributed by atoms with van der Waals surface area (Å²) in [5.41, 5.74) is 3.77. The normalized spacial score (nSPS) is 15.8. The molecule has 0 saturated carbocycles. The molecule has 1 aliphatic rings. The van der Waals surface area contributed by atoms with Crippen molar-refractivity contribution < 1.29 is 4.79 Å². The first-order valence-corrected chi connectivity index (χ1v) is 9.15. The van der Waals surface area contributed by atoms with Crippen LogP contribution in [0.2, 0.25) is 0 Å². The Kier molecular flexibility index (Phi) is 7.10. The third kappa shape index (κ3) is 5.65. The van der Waals surface area contributed by atoms with Gasteiger partial charge in [-0.05, 0) is 68.4 Å². The number of amides is 1. The fraction of sp³-hybridized carbons (Fsp3) is 0.650. The summed E-state index contributed by atoms with van der Waals surface area (Å²) >= 11 is 0. The van der Waals surface area contributed by atoms with E-state index in [0.717, 1.165) is 25.1 Å². The van der Waals surface area contributed by atoms with Gasteiger partial charge in [0.1, 0.15) is 0 Å². The van der Waals surface area contributed by atoms with Gasteiger partial charge in [-0.3, -0.25) is 4.79 Å². The first-order chi connectivity index (χ1) is 11.1. The van der Waals surface area contributed by atoms with Crippen molar-refractivity contribution >= 4 is 5.91 Å². The van der Waals surface area contributed by atoms with Crippen molar-refractivity contribution in [3.63, 3.8) is 0 Å². The molecule has 23 heavy (non-hydrogen) atoms. The fourth-order valence-corrected chi connectivity index (χ4v) is 3.47. The molecular weight excluding hydrogens is 284 g/mol. The number of nitrogens with zero attached hydrogens (tertiary/aromatic N) is 1. The van der Waals surface area contributed by atoms with E-state index in [9.17, 15) is 4.79 Å². The summed E-state index contributed by atoms with van der Waals surface area (Å²) < 4.78 is 0. The Balaban J connectivity index is 1.73. The van der Waals surface area contributed by atoms with Gasteiger partial charge in [-0.1, -0.05) is 38.5 Å². The average molecular weight is 316 g/mol. The van der Waals surface area contributed by atoms with Gasteiger partial charge >= 0.3 is 0 Å². The van der Waals surface area contributed by atoms with E-state index in [1.165, 1.54) is 43.5 Å². The van der Waals surface area contributed by atoms with Crippen LogP contribution in [0.25, 0.3) is 0 Å². The van der Waals surface area contributed by atoms with Gasteiger partial charge in [0.15, 0.2) is 0 Å². The van der Waals surface area contributed by atoms with Crippen molar-refractivity contribution in [1.29, 1.82) is 0 Å². The van der Waals surface area contributed by atoms with Crippen LogP contribution in [-0.4, -0.2) is 37.0 Å². The van der Waals surface area contributed by atoms with E-state index in [2.05, 4.69) is 49.2 Å². The minimum absolute atomic E-state index is 0.146. The van der Waals surface area contributed by atoms with Crippen LogP contribution in [-0.2, 0) is 11.2 Å². The number of hydrogen-bond donors (Lipinski definition) is 1. The molecule has 1 N–H and O–H groups in total. The standard InChI is InChI=1S/C20H32N2O/c1-16(2)19-10-7-9-18(17(19)3)15-20(23)21-11-8-14-22-12-5-4-6-13-22/h7,9-10,16H,4-6,8,11-15H2,1-3H3,(H,21,23). The van der Waals surface area contributed by atoms with Crippen molar-refractivity contribution in [3.05, 3.63) is 34.9 Å². The number of benzene rings is 1. The molecule has 0 unspecified atom stereocenters. The molecule has 0 radical (unpaired) electrons. The van der Waals surface area contributed by atoms with E-state index < -0.39 is 0 Å². The topological polar surface area (TPSA) is 32.3 Å². The van der Waals surface area contributed by atoms with Crippen LogP contribution in [0.15, 0.2) is 18.2 Å². The van der Waals surface area contributed by atoms with E-state index in [-0.39, 0.29) is 5.91 Å². The Hall–Kier alpha value is -1.35. The van der Waals surface area contributed by atoms with Gasteiger partial charge < -0.3 is 10.2 Å². The third-order valence-corrected chi connectivity index (χ3v) is 4.88. The van der Waals surface area contributed by atoms with Crippen molar-refractivity contribution in [1.82, 2.24) is 10.2 Å². The molecule has 0 bridgehead atoms. The van der Waals surface area contributed by atoms with Gasteiger partial charge in [0, 0.05) is 6.54 Å². The van der Waals surface area contributed by atoms with Crippen molar-refractivity contribution in [3.8, 4) is 0 Å². The molecule has 1 amide bonds. The zero-order valence-corrected chi connectivity index (χ0v) is 15.0. The maximum absolute atomic E-state index is 12.2. The molecule has 0 aliphatic carbocycles. The monoisotopic (exact) mass is 316 g/mol. The lowest BCUT2D eigenvalue weighted by Crippen LogP contribution is -2.33. The average Bonchev–Trinajstić information content (AvgIpc) is 2.54. The van der Waals surface area contributed by atoms with E-state index in [0.29, 0.717) is 12.3 Å². The second-order valence-corrected chi connectivity index (χ2v) is 7.07. The van der Waals surface area contributed by atoms with E-state index >= 15 is 0 Å². The Morgan fingerprint density at radius 2 is 1.96 bits per heavy atom. The van der Waals surface area contributed by atoms with Crippen LogP contribution in [0.4, 0.5) is 0 Å². The Morgan fingerprint density at radius 3 is 2.65 bits per heavy atom. The summed E-state index contributed by atoms with van der Waals surface area (Å²) in [6, 6.07) is 6.32. The SMILES string of the molecule is Cc1c(CC(=O)NCCCN2CCCCC2)cccc1C(C)C. The zero-order valence-electron chi connectivity index (χ0n) is 15.0. The summed E-state index contributed by atoms with van der Waals surface area (Å²) in [5, 5.41) is 3.08. The highest BCUT2D eigenvalue weighted by atomic mass is 16.1. The van der Waals surface area contributed by atoms with Crippen molar-refractivity contribution in [2.24, 2.45) is 0 Å². The number of carbonyl (C=O) groups is 1. The number of nitrogens with one attached hydrogen (secondary N) is 1. The number of carbonyl (C=O) groups excluding carboxylic acids is 1. The van der Waals surface area contributed by atoms with Crippen LogP contribution in [0.5, 0.6) is 0 Å². The minimum Gasteiger partial charge on any atom is -0.356 e. The Labute approximate surface area is 141 Å². The van der Waals surface area contributed by atoms with Crippen LogP contribution in [0, 0.1) is 6.92 Å². The highest BCUT2D eigenvalue weighted by Gasteiger charge is 2.11. The third-order valence-electron chi connectivity index (χ3n) is 4.88. The largest absolute Gasteiger partial charge is 0.356 e. The van der Waals surface area contributed by atoms with E-state index in [1.54, 1.807) is 0 Å². The first-order valence-electron chi connectivity index (χ1n) is 9.15. The van der Waals surface area contributed by atoms with Gasteiger partial charge in [-0.15, -0.1) is 0 Å². The van der Waals surface area contributed by atoms with Crippen molar-refractivity contribution in [2.75, 3.05) is 26.2 Å². The lowest BCUT2D eigenvalue weighted by molar-refractivity contribution is -0.120. The maximum Gasteiger partial charge on any atom is 0.224 e. The summed E-state index contributed by atoms with van der Waals surface area (Å²) in [6.07, 6.45) is 5.59. The number of piperidine rings is 1. The second kappa shape index (κ2) is 9.07. The number of rotatable bonds is 7. The molecule has 1 heterocycles. The van der Waals surface area contributed by atoms with Gasteiger partial charge in [0.2, 0.25) is 5.91 Å². The number of hydrogen-bond acceptors (Lipinski definition) is 2. The van der Waals surface area contributed by atoms with Crippen LogP contribution in [0.3, 0.4) is 0 Å². The molecule has 3 heteroatoms. The molecule has 0 spiro atoms. The van der Waals surface area contributed by atoms with E-state index in [1.807, 2.05) is 0 Å². The predicted octanol–water partition coefficient (Wildman–Crippen LogP) is 3.65. The maximum atomic E-state index is 12.2. The van der Waals surface area contributed by atoms with Crippen LogP contribution >= 0.6 is 0 Å². The quantitative estimate of drug-likeness (QED) is 0.779. The lowest BCUT2D eigenvalue weighted by Gasteiger charge is -2.26. The summed E-state index contributed by atoms with van der Waals surface area (Å²) in [6.45, 7) is 10.9. The summed E-state index contributed by atoms with van der Waals surface area (Å²) in [5.74, 6) is 0.648. The Bertz CT molecular complexity index is 504. The molecule has 3 nitrogen and oxygen atoms in total. The summed E-state index contributed by atoms with van der Waals surface area (Å²) in [4.78, 5) is 14.7. The van der Waals surface area contributed by atoms with Crippen molar-refractivity contribution in [2.45, 2.75) is 58.8 Å². The van der Waals surface area contributed by atoms with Gasteiger partial charge in [0.25, 0.3) is 0 Å². The highest BCUT2D eigenvalue weighted by Crippen LogP contribution is 2.22. The summed E-state index contributed by atoms with van der Waals surface area (Å²) in [7, 11) is 0. The van der Waals surface area contributed by atoms with Gasteiger partial charge in [-0.25, -0.2) is 0 Å². The highest BCUT2D eigenvalue weighted by molar-refractivity contribution is 5.79.